The van der Waals surface area contributed by atoms with Gasteiger partial charge in [-0.15, -0.1) is 4.91 Å². The van der Waals surface area contributed by atoms with Crippen molar-refractivity contribution in [2.75, 3.05) is 0 Å². The number of nitrogens with zero attached hydrogens (tertiary/aromatic N) is 3. The summed E-state index contributed by atoms with van der Waals surface area (Å²) in [7, 11) is 0. The van der Waals surface area contributed by atoms with Crippen molar-refractivity contribution < 1.29 is 9.59 Å². The fourth-order valence-electron chi connectivity index (χ4n) is 2.71. The van der Waals surface area contributed by atoms with E-state index in [0.717, 1.165) is 6.42 Å². The molecule has 1 N–H and O–H groups in total. The van der Waals surface area contributed by atoms with E-state index in [0.29, 0.717) is 18.4 Å². The number of nitrogens with one attached hydrogen (secondary N) is 1. The number of hydrogen-bond donors (Lipinski definition) is 1. The van der Waals surface area contributed by atoms with E-state index in [1.807, 2.05) is 0 Å². The zero-order valence-corrected chi connectivity index (χ0v) is 10.1. The van der Waals surface area contributed by atoms with Crippen molar-refractivity contribution >= 4 is 11.8 Å². The van der Waals surface area contributed by atoms with Gasteiger partial charge in [-0.25, -0.2) is 5.01 Å². The average Bonchev–Trinajstić information content (AvgIpc) is 2.71. The van der Waals surface area contributed by atoms with Crippen molar-refractivity contribution in [1.29, 1.82) is 0 Å². The highest BCUT2D eigenvalue weighted by atomic mass is 16.3. The summed E-state index contributed by atoms with van der Waals surface area (Å²) in [6, 6.07) is 2.14. The minimum Gasteiger partial charge on any atom is -0.270 e. The van der Waals surface area contributed by atoms with Gasteiger partial charge in [-0.2, -0.15) is 0 Å². The summed E-state index contributed by atoms with van der Waals surface area (Å²) < 4.78 is 0. The molecule has 19 heavy (non-hydrogen) atoms. The van der Waals surface area contributed by atoms with Gasteiger partial charge in [-0.3, -0.25) is 20.0 Å². The second-order valence-corrected chi connectivity index (χ2v) is 4.82. The Kier molecular flexibility index (Phi) is 2.55. The molecule has 2 amide bonds. The van der Waals surface area contributed by atoms with Crippen molar-refractivity contribution in [3.8, 4) is 0 Å². The van der Waals surface area contributed by atoms with Crippen LogP contribution in [-0.4, -0.2) is 33.4 Å². The highest BCUT2D eigenvalue weighted by Gasteiger charge is 2.60. The second-order valence-electron chi connectivity index (χ2n) is 4.82. The first-order valence-corrected chi connectivity index (χ1v) is 6.06. The molecular formula is C12H12N4O3. The van der Waals surface area contributed by atoms with E-state index in [2.05, 4.69) is 15.6 Å². The standard InChI is InChI=1S/C12H12N4O3/c17-10-9(15-19)12(4-1-5-12)16(14-10)11(18)8-2-6-13-7-3-8/h2-3,6-7,9H,1,4-5H2,(H,14,17). The van der Waals surface area contributed by atoms with Crippen LogP contribution in [0.25, 0.3) is 0 Å². The maximum atomic E-state index is 12.4. The Morgan fingerprint density at radius 2 is 2.11 bits per heavy atom. The number of hydrogen-bond acceptors (Lipinski definition) is 5. The van der Waals surface area contributed by atoms with Crippen LogP contribution in [0.15, 0.2) is 29.7 Å². The van der Waals surface area contributed by atoms with Gasteiger partial charge in [0.15, 0.2) is 6.04 Å². The molecule has 1 unspecified atom stereocenters. The van der Waals surface area contributed by atoms with Gasteiger partial charge in [0.2, 0.25) is 0 Å². The minimum absolute atomic E-state index is 0.332. The van der Waals surface area contributed by atoms with Crippen molar-refractivity contribution in [1.82, 2.24) is 15.4 Å². The van der Waals surface area contributed by atoms with E-state index < -0.39 is 17.5 Å². The van der Waals surface area contributed by atoms with E-state index in [-0.39, 0.29) is 5.91 Å². The van der Waals surface area contributed by atoms with Crippen LogP contribution in [0.3, 0.4) is 0 Å². The number of carbonyl (C=O) groups excluding carboxylic acids is 2. The molecule has 1 aliphatic carbocycles. The first-order valence-electron chi connectivity index (χ1n) is 6.06. The molecule has 1 aromatic rings. The van der Waals surface area contributed by atoms with E-state index in [1.165, 1.54) is 17.4 Å². The minimum atomic E-state index is -1.01. The van der Waals surface area contributed by atoms with Crippen LogP contribution in [0.5, 0.6) is 0 Å². The Balaban J connectivity index is 1.95. The number of carbonyl (C=O) groups is 2. The molecule has 7 nitrogen and oxygen atoms in total. The topological polar surface area (TPSA) is 91.7 Å². The summed E-state index contributed by atoms with van der Waals surface area (Å²) in [5.74, 6) is -0.835. The largest absolute Gasteiger partial charge is 0.273 e. The second kappa shape index (κ2) is 4.11. The predicted octanol–water partition coefficient (Wildman–Crippen LogP) is 0.626. The molecule has 1 aromatic heterocycles. The molecule has 2 fully saturated rings. The van der Waals surface area contributed by atoms with Gasteiger partial charge >= 0.3 is 0 Å². The summed E-state index contributed by atoms with van der Waals surface area (Å²) in [5.41, 5.74) is 2.12. The van der Waals surface area contributed by atoms with Crippen molar-refractivity contribution in [3.05, 3.63) is 35.0 Å². The molecule has 1 spiro atoms. The summed E-state index contributed by atoms with van der Waals surface area (Å²) in [4.78, 5) is 38.9. The first-order chi connectivity index (χ1) is 9.19. The van der Waals surface area contributed by atoms with E-state index in [1.54, 1.807) is 12.1 Å². The van der Waals surface area contributed by atoms with E-state index in [9.17, 15) is 14.5 Å². The van der Waals surface area contributed by atoms with Gasteiger partial charge in [0.1, 0.15) is 0 Å². The van der Waals surface area contributed by atoms with Crippen molar-refractivity contribution in [2.24, 2.45) is 5.18 Å². The number of aromatic nitrogens is 1. The predicted molar refractivity (Wildman–Crippen MR) is 64.7 cm³/mol. The quantitative estimate of drug-likeness (QED) is 0.789. The van der Waals surface area contributed by atoms with Crippen LogP contribution in [-0.2, 0) is 4.79 Å². The Hall–Kier alpha value is -2.31. The molecule has 0 bridgehead atoms. The number of nitroso groups, excluding NO2 is 1. The third-order valence-corrected chi connectivity index (χ3v) is 3.88. The molecule has 1 saturated heterocycles. The zero-order chi connectivity index (χ0) is 13.5. The highest BCUT2D eigenvalue weighted by Crippen LogP contribution is 2.44. The number of pyridine rings is 1. The smallest absolute Gasteiger partial charge is 0.270 e. The van der Waals surface area contributed by atoms with Gasteiger partial charge in [-0.05, 0) is 31.4 Å². The maximum absolute atomic E-state index is 12.4. The van der Waals surface area contributed by atoms with Crippen LogP contribution in [0.1, 0.15) is 29.6 Å². The lowest BCUT2D eigenvalue weighted by molar-refractivity contribution is -0.121. The molecule has 2 aliphatic rings. The highest BCUT2D eigenvalue weighted by molar-refractivity contribution is 5.99. The number of amides is 2. The fourth-order valence-corrected chi connectivity index (χ4v) is 2.71. The maximum Gasteiger partial charge on any atom is 0.273 e. The Bertz CT molecular complexity index is 541. The summed E-state index contributed by atoms with van der Waals surface area (Å²) in [5, 5.41) is 4.18. The Morgan fingerprint density at radius 3 is 2.63 bits per heavy atom. The molecular weight excluding hydrogens is 248 g/mol. The lowest BCUT2D eigenvalue weighted by Gasteiger charge is -2.44. The molecule has 3 rings (SSSR count). The van der Waals surface area contributed by atoms with Gasteiger partial charge in [-0.1, -0.05) is 5.18 Å². The Morgan fingerprint density at radius 1 is 1.42 bits per heavy atom. The summed E-state index contributed by atoms with van der Waals surface area (Å²) in [6.07, 6.45) is 5.11. The monoisotopic (exact) mass is 260 g/mol. The van der Waals surface area contributed by atoms with Crippen LogP contribution in [0.4, 0.5) is 0 Å². The molecule has 98 valence electrons. The lowest BCUT2D eigenvalue weighted by Crippen LogP contribution is -2.59. The number of rotatable bonds is 2. The van der Waals surface area contributed by atoms with Crippen LogP contribution in [0, 0.1) is 4.91 Å². The van der Waals surface area contributed by atoms with Gasteiger partial charge in [0.25, 0.3) is 11.8 Å². The third-order valence-electron chi connectivity index (χ3n) is 3.88. The zero-order valence-electron chi connectivity index (χ0n) is 10.1. The normalized spacial score (nSPS) is 23.9. The average molecular weight is 260 g/mol. The Labute approximate surface area is 108 Å². The number of hydrazine groups is 1. The summed E-state index contributed by atoms with van der Waals surface area (Å²) >= 11 is 0. The van der Waals surface area contributed by atoms with Gasteiger partial charge < -0.3 is 0 Å². The molecule has 7 heteroatoms. The fraction of sp³-hybridized carbons (Fsp3) is 0.417. The molecule has 1 saturated carbocycles. The van der Waals surface area contributed by atoms with E-state index >= 15 is 0 Å². The third kappa shape index (κ3) is 1.54. The summed E-state index contributed by atoms with van der Waals surface area (Å²) in [6.45, 7) is 0. The molecule has 2 heterocycles. The van der Waals surface area contributed by atoms with Crippen molar-refractivity contribution in [3.63, 3.8) is 0 Å². The van der Waals surface area contributed by atoms with Crippen LogP contribution >= 0.6 is 0 Å². The molecule has 0 aromatic carbocycles. The van der Waals surface area contributed by atoms with Crippen molar-refractivity contribution in [2.45, 2.75) is 30.8 Å². The molecule has 0 radical (unpaired) electrons. The first kappa shape index (κ1) is 11.8. The lowest BCUT2D eigenvalue weighted by atomic mass is 9.72. The SMILES string of the molecule is O=NC1C(=O)NN(C(=O)c2ccncc2)C12CCC2. The molecule has 1 atom stereocenters. The van der Waals surface area contributed by atoms with Crippen LogP contribution in [0.2, 0.25) is 0 Å². The van der Waals surface area contributed by atoms with Crippen LogP contribution < -0.4 is 5.43 Å². The molecule has 1 aliphatic heterocycles. The van der Waals surface area contributed by atoms with Gasteiger partial charge in [0, 0.05) is 18.0 Å². The van der Waals surface area contributed by atoms with E-state index in [4.69, 9.17) is 0 Å². The van der Waals surface area contributed by atoms with Gasteiger partial charge in [0.05, 0.1) is 5.54 Å².